The number of imidazole rings is 1. The van der Waals surface area contributed by atoms with Gasteiger partial charge in [-0.05, 0) is 24.8 Å². The molecule has 0 amide bonds. The molecule has 0 spiro atoms. The maximum Gasteiger partial charge on any atom is 0.177 e. The first-order chi connectivity index (χ1) is 9.83. The number of aromatic nitrogens is 2. The molecule has 0 N–H and O–H groups in total. The molecule has 1 aliphatic carbocycles. The van der Waals surface area contributed by atoms with E-state index in [2.05, 4.69) is 9.55 Å². The highest BCUT2D eigenvalue weighted by Crippen LogP contribution is 2.46. The van der Waals surface area contributed by atoms with Crippen LogP contribution in [0.3, 0.4) is 0 Å². The number of rotatable bonds is 3. The Labute approximate surface area is 122 Å². The van der Waals surface area contributed by atoms with Gasteiger partial charge in [-0.1, -0.05) is 32.1 Å². The van der Waals surface area contributed by atoms with Crippen LogP contribution in [0.5, 0.6) is 0 Å². The topological polar surface area (TPSA) is 17.8 Å². The van der Waals surface area contributed by atoms with E-state index in [1.165, 1.54) is 54.7 Å². The average Bonchev–Trinajstić information content (AvgIpc) is 3.11. The molecule has 3 heterocycles. The van der Waals surface area contributed by atoms with E-state index in [0.29, 0.717) is 6.04 Å². The molecule has 4 rings (SSSR count). The second-order valence-electron chi connectivity index (χ2n) is 6.11. The molecule has 20 heavy (non-hydrogen) atoms. The molecule has 2 aromatic heterocycles. The van der Waals surface area contributed by atoms with Crippen molar-refractivity contribution in [3.05, 3.63) is 28.6 Å². The van der Waals surface area contributed by atoms with Crippen LogP contribution in [-0.2, 0) is 0 Å². The normalized spacial score (nSPS) is 21.9. The van der Waals surface area contributed by atoms with Crippen molar-refractivity contribution < 1.29 is 4.39 Å². The van der Waals surface area contributed by atoms with E-state index in [-0.39, 0.29) is 5.13 Å². The first-order valence-corrected chi connectivity index (χ1v) is 8.46. The van der Waals surface area contributed by atoms with Crippen LogP contribution in [0.15, 0.2) is 18.6 Å². The third kappa shape index (κ3) is 2.01. The van der Waals surface area contributed by atoms with Gasteiger partial charge in [0.05, 0.1) is 24.3 Å². The number of fused-ring (bicyclic) bond motifs is 3. The number of nitrogens with zero attached hydrogens (tertiary/aromatic N) is 2. The van der Waals surface area contributed by atoms with Gasteiger partial charge in [0.15, 0.2) is 5.13 Å². The summed E-state index contributed by atoms with van der Waals surface area (Å²) in [6.45, 7) is 0. The second-order valence-corrected chi connectivity index (χ2v) is 7.15. The Bertz CT molecular complexity index is 610. The lowest BCUT2D eigenvalue weighted by atomic mass is 9.85. The molecule has 1 aliphatic heterocycles. The average molecular weight is 290 g/mol. The summed E-state index contributed by atoms with van der Waals surface area (Å²) in [5, 5.41) is -0.0647. The van der Waals surface area contributed by atoms with Gasteiger partial charge in [-0.25, -0.2) is 4.98 Å². The molecule has 0 unspecified atom stereocenters. The minimum absolute atomic E-state index is 0.0647. The summed E-state index contributed by atoms with van der Waals surface area (Å²) in [7, 11) is 0. The van der Waals surface area contributed by atoms with Crippen LogP contribution in [-0.4, -0.2) is 9.55 Å². The SMILES string of the molecule is Fc1cc2c(s1)[C@H](CCC1CCCCC1)n1cncc1-2. The van der Waals surface area contributed by atoms with Gasteiger partial charge >= 0.3 is 0 Å². The van der Waals surface area contributed by atoms with Crippen molar-refractivity contribution in [3.63, 3.8) is 0 Å². The molecule has 0 aromatic carbocycles. The summed E-state index contributed by atoms with van der Waals surface area (Å²) in [5.74, 6) is 0.879. The summed E-state index contributed by atoms with van der Waals surface area (Å²) < 4.78 is 15.8. The van der Waals surface area contributed by atoms with E-state index in [1.54, 1.807) is 6.07 Å². The van der Waals surface area contributed by atoms with Gasteiger partial charge in [0.25, 0.3) is 0 Å². The Morgan fingerprint density at radius 1 is 1.25 bits per heavy atom. The Morgan fingerprint density at radius 3 is 2.95 bits per heavy atom. The predicted molar refractivity (Wildman–Crippen MR) is 79.4 cm³/mol. The van der Waals surface area contributed by atoms with Crippen LogP contribution < -0.4 is 0 Å². The van der Waals surface area contributed by atoms with Crippen molar-refractivity contribution in [3.8, 4) is 11.3 Å². The fourth-order valence-corrected chi connectivity index (χ4v) is 4.88. The fraction of sp³-hybridized carbons (Fsp3) is 0.562. The van der Waals surface area contributed by atoms with Crippen LogP contribution in [0, 0.1) is 11.0 Å². The zero-order valence-corrected chi connectivity index (χ0v) is 12.3. The van der Waals surface area contributed by atoms with Crippen molar-refractivity contribution in [2.45, 2.75) is 51.0 Å². The van der Waals surface area contributed by atoms with E-state index < -0.39 is 0 Å². The Hall–Kier alpha value is -1.16. The van der Waals surface area contributed by atoms with Gasteiger partial charge in [0.1, 0.15) is 0 Å². The van der Waals surface area contributed by atoms with Crippen LogP contribution in [0.2, 0.25) is 0 Å². The zero-order valence-electron chi connectivity index (χ0n) is 11.5. The van der Waals surface area contributed by atoms with Crippen molar-refractivity contribution in [2.24, 2.45) is 5.92 Å². The van der Waals surface area contributed by atoms with E-state index in [0.717, 1.165) is 23.6 Å². The monoisotopic (exact) mass is 290 g/mol. The standard InChI is InChI=1S/C16H19FN2S/c17-15-8-12-14-9-18-10-19(14)13(16(12)20-15)7-6-11-4-2-1-3-5-11/h8-11,13H,1-7H2/t13-/m0/s1. The predicted octanol–water partition coefficient (Wildman–Crippen LogP) is 5.01. The molecule has 2 aromatic rings. The van der Waals surface area contributed by atoms with Crippen LogP contribution in [0.4, 0.5) is 4.39 Å². The van der Waals surface area contributed by atoms with E-state index in [4.69, 9.17) is 0 Å². The number of thiophene rings is 1. The molecule has 106 valence electrons. The van der Waals surface area contributed by atoms with Gasteiger partial charge in [-0.3, -0.25) is 0 Å². The van der Waals surface area contributed by atoms with Gasteiger partial charge in [0.2, 0.25) is 0 Å². The zero-order chi connectivity index (χ0) is 13.5. The van der Waals surface area contributed by atoms with Crippen LogP contribution >= 0.6 is 11.3 Å². The van der Waals surface area contributed by atoms with Crippen molar-refractivity contribution in [1.29, 1.82) is 0 Å². The van der Waals surface area contributed by atoms with Crippen molar-refractivity contribution in [2.75, 3.05) is 0 Å². The third-order valence-corrected chi connectivity index (χ3v) is 5.91. The van der Waals surface area contributed by atoms with Crippen LogP contribution in [0.1, 0.15) is 55.9 Å². The molecule has 1 atom stereocenters. The minimum Gasteiger partial charge on any atom is -0.322 e. The molecule has 1 saturated carbocycles. The second kappa shape index (κ2) is 4.99. The largest absolute Gasteiger partial charge is 0.322 e. The quantitative estimate of drug-likeness (QED) is 0.776. The summed E-state index contributed by atoms with van der Waals surface area (Å²) in [5.41, 5.74) is 2.16. The molecule has 2 nitrogen and oxygen atoms in total. The lowest BCUT2D eigenvalue weighted by Gasteiger charge is -2.23. The summed E-state index contributed by atoms with van der Waals surface area (Å²) in [6.07, 6.45) is 13.1. The summed E-state index contributed by atoms with van der Waals surface area (Å²) in [6, 6.07) is 1.99. The first kappa shape index (κ1) is 12.6. The highest BCUT2D eigenvalue weighted by atomic mass is 32.1. The number of hydrogen-bond donors (Lipinski definition) is 0. The van der Waals surface area contributed by atoms with E-state index in [9.17, 15) is 4.39 Å². The molecule has 0 radical (unpaired) electrons. The Balaban J connectivity index is 1.55. The Kier molecular flexibility index (Phi) is 3.14. The lowest BCUT2D eigenvalue weighted by molar-refractivity contribution is 0.319. The Morgan fingerprint density at radius 2 is 2.10 bits per heavy atom. The highest BCUT2D eigenvalue weighted by Gasteiger charge is 2.31. The van der Waals surface area contributed by atoms with Crippen molar-refractivity contribution >= 4 is 11.3 Å². The van der Waals surface area contributed by atoms with Crippen molar-refractivity contribution in [1.82, 2.24) is 9.55 Å². The summed E-state index contributed by atoms with van der Waals surface area (Å²) in [4.78, 5) is 5.45. The maximum absolute atomic E-state index is 13.6. The smallest absolute Gasteiger partial charge is 0.177 e. The summed E-state index contributed by atoms with van der Waals surface area (Å²) >= 11 is 1.32. The molecule has 4 heteroatoms. The highest BCUT2D eigenvalue weighted by molar-refractivity contribution is 7.11. The first-order valence-electron chi connectivity index (χ1n) is 7.64. The molecular formula is C16H19FN2S. The lowest BCUT2D eigenvalue weighted by Crippen LogP contribution is -2.10. The van der Waals surface area contributed by atoms with E-state index >= 15 is 0 Å². The molecule has 0 saturated heterocycles. The van der Waals surface area contributed by atoms with E-state index in [1.807, 2.05) is 12.5 Å². The molecule has 1 fully saturated rings. The molecule has 0 bridgehead atoms. The van der Waals surface area contributed by atoms with Gasteiger partial charge < -0.3 is 4.57 Å². The number of halogens is 1. The molecular weight excluding hydrogens is 271 g/mol. The minimum atomic E-state index is -0.0647. The number of hydrogen-bond acceptors (Lipinski definition) is 2. The third-order valence-electron chi connectivity index (χ3n) is 4.88. The maximum atomic E-state index is 13.6. The molecule has 2 aliphatic rings. The fourth-order valence-electron chi connectivity index (χ4n) is 3.85. The van der Waals surface area contributed by atoms with Crippen LogP contribution in [0.25, 0.3) is 11.3 Å². The van der Waals surface area contributed by atoms with Gasteiger partial charge in [0, 0.05) is 10.4 Å². The van der Waals surface area contributed by atoms with Gasteiger partial charge in [-0.15, -0.1) is 11.3 Å². The van der Waals surface area contributed by atoms with Gasteiger partial charge in [-0.2, -0.15) is 4.39 Å².